The minimum atomic E-state index is -3.65. The van der Waals surface area contributed by atoms with E-state index in [9.17, 15) is 16.8 Å². The lowest BCUT2D eigenvalue weighted by molar-refractivity contribution is 0.580. The van der Waals surface area contributed by atoms with E-state index in [0.29, 0.717) is 13.0 Å². The van der Waals surface area contributed by atoms with Gasteiger partial charge in [-0.1, -0.05) is 22.6 Å². The summed E-state index contributed by atoms with van der Waals surface area (Å²) >= 11 is 2.11. The van der Waals surface area contributed by atoms with Crippen molar-refractivity contribution in [2.24, 2.45) is 0 Å². The third kappa shape index (κ3) is 8.91. The molecule has 0 unspecified atom stereocenters. The maximum Gasteiger partial charge on any atom is 0.226 e. The van der Waals surface area contributed by atoms with Gasteiger partial charge in [-0.25, -0.2) is 21.6 Å². The van der Waals surface area contributed by atoms with Gasteiger partial charge in [-0.3, -0.25) is 0 Å². The van der Waals surface area contributed by atoms with Crippen molar-refractivity contribution in [3.05, 3.63) is 0 Å². The maximum absolute atomic E-state index is 11.0. The Morgan fingerprint density at radius 1 is 1.23 bits per heavy atom. The normalized spacial score (nSPS) is 13.1. The number of hydrogen-bond acceptors (Lipinski definition) is 4. The Kier molecular flexibility index (Phi) is 5.71. The first-order chi connectivity index (χ1) is 5.77. The van der Waals surface area contributed by atoms with E-state index >= 15 is 0 Å². The van der Waals surface area contributed by atoms with E-state index in [1.165, 1.54) is 0 Å². The van der Waals surface area contributed by atoms with Gasteiger partial charge >= 0.3 is 0 Å². The van der Waals surface area contributed by atoms with Gasteiger partial charge in [0.2, 0.25) is 10.0 Å². The molecule has 0 aromatic rings. The Labute approximate surface area is 92.4 Å². The van der Waals surface area contributed by atoms with Crippen molar-refractivity contribution in [3.63, 3.8) is 0 Å². The van der Waals surface area contributed by atoms with E-state index in [4.69, 9.17) is 0 Å². The second-order valence-corrected chi connectivity index (χ2v) is 7.99. The van der Waals surface area contributed by atoms with Crippen LogP contribution in [-0.4, -0.2) is 39.1 Å². The highest BCUT2D eigenvalue weighted by molar-refractivity contribution is 14.1. The molecule has 13 heavy (non-hydrogen) atoms. The van der Waals surface area contributed by atoms with Gasteiger partial charge in [-0.2, -0.15) is 0 Å². The summed E-state index contributed by atoms with van der Waals surface area (Å²) in [6.07, 6.45) is 1.59. The summed E-state index contributed by atoms with van der Waals surface area (Å²) in [6, 6.07) is 0. The fourth-order valence-electron chi connectivity index (χ4n) is 0.618. The highest BCUT2D eigenvalue weighted by Crippen LogP contribution is 1.93. The predicted molar refractivity (Wildman–Crippen MR) is 60.1 cm³/mol. The van der Waals surface area contributed by atoms with Gasteiger partial charge < -0.3 is 0 Å². The molecule has 5 nitrogen and oxygen atoms in total. The number of alkyl halides is 1. The first kappa shape index (κ1) is 13.6. The van der Waals surface area contributed by atoms with E-state index in [1.54, 1.807) is 0 Å². The lowest BCUT2D eigenvalue weighted by Crippen LogP contribution is -2.30. The molecule has 0 aliphatic carbocycles. The zero-order valence-corrected chi connectivity index (χ0v) is 10.9. The van der Waals surface area contributed by atoms with Gasteiger partial charge in [0.25, 0.3) is 0 Å². The Balaban J connectivity index is 4.12. The van der Waals surface area contributed by atoms with Crippen molar-refractivity contribution < 1.29 is 16.8 Å². The Morgan fingerprint density at radius 3 is 2.15 bits per heavy atom. The standard InChI is InChI=1S/C5H12INO4S2/c1-12(8,9)5-13(10,11)7-4-2-3-6/h7H,2-5H2,1H3. The summed E-state index contributed by atoms with van der Waals surface area (Å²) in [4.78, 5) is 0. The molecule has 0 aliphatic rings. The van der Waals surface area contributed by atoms with Crippen LogP contribution in [0.3, 0.4) is 0 Å². The van der Waals surface area contributed by atoms with Gasteiger partial charge in [0, 0.05) is 17.2 Å². The number of hydrogen-bond donors (Lipinski definition) is 1. The summed E-state index contributed by atoms with van der Waals surface area (Å²) in [5.41, 5.74) is 0. The largest absolute Gasteiger partial charge is 0.228 e. The molecule has 0 aromatic heterocycles. The van der Waals surface area contributed by atoms with Crippen LogP contribution in [-0.2, 0) is 19.9 Å². The van der Waals surface area contributed by atoms with Crippen LogP contribution in [0.2, 0.25) is 0 Å². The van der Waals surface area contributed by atoms with Crippen LogP contribution in [0.1, 0.15) is 6.42 Å². The van der Waals surface area contributed by atoms with Crippen molar-refractivity contribution >= 4 is 42.5 Å². The zero-order chi connectivity index (χ0) is 10.5. The molecule has 0 bridgehead atoms. The molecule has 1 N–H and O–H groups in total. The summed E-state index contributed by atoms with van der Waals surface area (Å²) in [5, 5.41) is -0.832. The summed E-state index contributed by atoms with van der Waals surface area (Å²) in [5.74, 6) is 0. The van der Waals surface area contributed by atoms with E-state index in [0.717, 1.165) is 10.7 Å². The molecule has 8 heteroatoms. The molecule has 0 aromatic carbocycles. The van der Waals surface area contributed by atoms with E-state index in [-0.39, 0.29) is 0 Å². The maximum atomic E-state index is 11.0. The SMILES string of the molecule is CS(=O)(=O)CS(=O)(=O)NCCCI. The first-order valence-corrected chi connectivity index (χ1v) is 8.72. The highest BCUT2D eigenvalue weighted by Gasteiger charge is 2.16. The Bertz CT molecular complexity index is 334. The topological polar surface area (TPSA) is 80.3 Å². The number of sulfonamides is 1. The molecule has 80 valence electrons. The van der Waals surface area contributed by atoms with Crippen molar-refractivity contribution in [3.8, 4) is 0 Å². The summed E-state index contributed by atoms with van der Waals surface area (Å²) in [6.45, 7) is 0.292. The number of rotatable bonds is 6. The van der Waals surface area contributed by atoms with Gasteiger partial charge in [0.15, 0.2) is 14.9 Å². The first-order valence-electron chi connectivity index (χ1n) is 3.48. The average Bonchev–Trinajstić information content (AvgIpc) is 1.81. The minimum Gasteiger partial charge on any atom is -0.228 e. The number of halogens is 1. The van der Waals surface area contributed by atoms with Gasteiger partial charge in [0.05, 0.1) is 0 Å². The molecule has 0 saturated heterocycles. The summed E-state index contributed by atoms with van der Waals surface area (Å²) in [7, 11) is -7.12. The van der Waals surface area contributed by atoms with Crippen LogP contribution >= 0.6 is 22.6 Å². The van der Waals surface area contributed by atoms with Crippen molar-refractivity contribution in [1.29, 1.82) is 0 Å². The number of sulfone groups is 1. The molecule has 0 saturated carbocycles. The molecular formula is C5H12INO4S2. The molecule has 0 rings (SSSR count). The quantitative estimate of drug-likeness (QED) is 0.410. The Hall–Kier alpha value is 0.590. The zero-order valence-electron chi connectivity index (χ0n) is 7.16. The third-order valence-electron chi connectivity index (χ3n) is 1.00. The average molecular weight is 341 g/mol. The summed E-state index contributed by atoms with van der Waals surface area (Å²) < 4.78 is 46.4. The lowest BCUT2D eigenvalue weighted by atomic mass is 10.5. The van der Waals surface area contributed by atoms with Crippen molar-refractivity contribution in [2.45, 2.75) is 6.42 Å². The molecule has 0 atom stereocenters. The fraction of sp³-hybridized carbons (Fsp3) is 1.00. The molecule has 0 radical (unpaired) electrons. The van der Waals surface area contributed by atoms with Crippen LogP contribution in [0.4, 0.5) is 0 Å². The number of nitrogens with one attached hydrogen (secondary N) is 1. The Morgan fingerprint density at radius 2 is 1.77 bits per heavy atom. The van der Waals surface area contributed by atoms with Gasteiger partial charge in [-0.15, -0.1) is 0 Å². The highest BCUT2D eigenvalue weighted by atomic mass is 127. The lowest BCUT2D eigenvalue weighted by Gasteiger charge is -2.03. The third-order valence-corrected chi connectivity index (χ3v) is 5.36. The smallest absolute Gasteiger partial charge is 0.226 e. The van der Waals surface area contributed by atoms with Gasteiger partial charge in [0.1, 0.15) is 0 Å². The molecule has 0 aliphatic heterocycles. The molecule has 0 fully saturated rings. The second-order valence-electron chi connectivity index (χ2n) is 2.60. The predicted octanol–water partition coefficient (Wildman–Crippen LogP) is -0.267. The van der Waals surface area contributed by atoms with Crippen LogP contribution in [0, 0.1) is 0 Å². The van der Waals surface area contributed by atoms with E-state index in [1.807, 2.05) is 0 Å². The van der Waals surface area contributed by atoms with Crippen LogP contribution < -0.4 is 4.72 Å². The second kappa shape index (κ2) is 5.47. The molecular weight excluding hydrogens is 329 g/mol. The minimum absolute atomic E-state index is 0.292. The van der Waals surface area contributed by atoms with Crippen LogP contribution in [0.15, 0.2) is 0 Å². The molecule has 0 heterocycles. The van der Waals surface area contributed by atoms with E-state index < -0.39 is 24.9 Å². The van der Waals surface area contributed by atoms with Crippen molar-refractivity contribution in [1.82, 2.24) is 4.72 Å². The van der Waals surface area contributed by atoms with Gasteiger partial charge in [-0.05, 0) is 6.42 Å². The molecule has 0 amide bonds. The van der Waals surface area contributed by atoms with Crippen molar-refractivity contribution in [2.75, 3.05) is 22.3 Å². The van der Waals surface area contributed by atoms with E-state index in [2.05, 4.69) is 27.3 Å². The van der Waals surface area contributed by atoms with Crippen LogP contribution in [0.5, 0.6) is 0 Å². The fourth-order valence-corrected chi connectivity index (χ4v) is 4.04. The van der Waals surface area contributed by atoms with Crippen LogP contribution in [0.25, 0.3) is 0 Å². The molecule has 0 spiro atoms. The monoisotopic (exact) mass is 341 g/mol.